The van der Waals surface area contributed by atoms with Crippen LogP contribution in [0.2, 0.25) is 0 Å². The number of aromatic hydroxyl groups is 1. The summed E-state index contributed by atoms with van der Waals surface area (Å²) in [7, 11) is 0. The van der Waals surface area contributed by atoms with E-state index in [4.69, 9.17) is 4.42 Å². The van der Waals surface area contributed by atoms with Crippen LogP contribution in [0.15, 0.2) is 58.4 Å². The topological polar surface area (TPSA) is 91.0 Å². The van der Waals surface area contributed by atoms with Crippen molar-refractivity contribution in [3.8, 4) is 5.75 Å². The number of Topliss-reactive ketones (excluding diaryl/α,β-unsaturated/α-hetero) is 1. The first-order chi connectivity index (χ1) is 12.0. The number of phenolic OH excluding ortho intramolecular Hbond substituents is 1. The van der Waals surface area contributed by atoms with Gasteiger partial charge in [-0.05, 0) is 36.2 Å². The minimum atomic E-state index is -0.711. The zero-order valence-corrected chi connectivity index (χ0v) is 13.8. The second-order valence-electron chi connectivity index (χ2n) is 5.91. The molecule has 25 heavy (non-hydrogen) atoms. The van der Waals surface area contributed by atoms with Crippen molar-refractivity contribution >= 4 is 11.7 Å². The Labute approximate surface area is 145 Å². The third-order valence-electron chi connectivity index (χ3n) is 4.25. The highest BCUT2D eigenvalue weighted by atomic mass is 16.3. The first-order valence-corrected chi connectivity index (χ1v) is 8.15. The Balaban J connectivity index is 2.06. The van der Waals surface area contributed by atoms with Crippen LogP contribution in [-0.4, -0.2) is 33.3 Å². The molecule has 6 nitrogen and oxygen atoms in total. The van der Waals surface area contributed by atoms with Crippen molar-refractivity contribution in [2.45, 2.75) is 25.8 Å². The van der Waals surface area contributed by atoms with E-state index in [1.165, 1.54) is 29.4 Å². The van der Waals surface area contributed by atoms with Gasteiger partial charge in [-0.1, -0.05) is 25.5 Å². The SMILES string of the molecule is CCCCN1C(=O)C(O)=C(C(=O)c2ccco2)C1c1ccc(O)cc1. The van der Waals surface area contributed by atoms with Crippen molar-refractivity contribution in [3.05, 3.63) is 65.3 Å². The van der Waals surface area contributed by atoms with Gasteiger partial charge in [0.2, 0.25) is 5.78 Å². The van der Waals surface area contributed by atoms with Crippen LogP contribution in [0, 0.1) is 0 Å². The number of ketones is 1. The molecule has 2 N–H and O–H groups in total. The Morgan fingerprint density at radius 3 is 2.52 bits per heavy atom. The molecule has 1 aliphatic heterocycles. The number of hydrogen-bond donors (Lipinski definition) is 2. The number of phenols is 1. The van der Waals surface area contributed by atoms with Crippen LogP contribution in [0.4, 0.5) is 0 Å². The van der Waals surface area contributed by atoms with Crippen molar-refractivity contribution in [2.75, 3.05) is 6.54 Å². The number of furan rings is 1. The number of carbonyl (C=O) groups is 2. The highest BCUT2D eigenvalue weighted by Gasteiger charge is 2.44. The van der Waals surface area contributed by atoms with Crippen LogP contribution >= 0.6 is 0 Å². The van der Waals surface area contributed by atoms with E-state index in [1.807, 2.05) is 6.92 Å². The molecule has 0 bridgehead atoms. The van der Waals surface area contributed by atoms with E-state index in [2.05, 4.69) is 0 Å². The molecule has 3 rings (SSSR count). The number of nitrogens with zero attached hydrogens (tertiary/aromatic N) is 1. The van der Waals surface area contributed by atoms with Gasteiger partial charge in [0.1, 0.15) is 5.75 Å². The molecular formula is C19H19NO5. The van der Waals surface area contributed by atoms with Gasteiger partial charge in [0, 0.05) is 6.54 Å². The van der Waals surface area contributed by atoms with Gasteiger partial charge >= 0.3 is 0 Å². The summed E-state index contributed by atoms with van der Waals surface area (Å²) in [5, 5.41) is 19.9. The van der Waals surface area contributed by atoms with E-state index in [9.17, 15) is 19.8 Å². The number of aliphatic hydroxyl groups is 1. The number of amides is 1. The van der Waals surface area contributed by atoms with Gasteiger partial charge in [-0.2, -0.15) is 0 Å². The molecule has 0 fully saturated rings. The Kier molecular flexibility index (Phi) is 4.61. The predicted octanol–water partition coefficient (Wildman–Crippen LogP) is 3.36. The molecule has 1 amide bonds. The van der Waals surface area contributed by atoms with E-state index in [1.54, 1.807) is 18.2 Å². The fraction of sp³-hybridized carbons (Fsp3) is 0.263. The lowest BCUT2D eigenvalue weighted by Gasteiger charge is -2.26. The molecule has 1 aromatic heterocycles. The van der Waals surface area contributed by atoms with Gasteiger partial charge < -0.3 is 19.5 Å². The lowest BCUT2D eigenvalue weighted by Crippen LogP contribution is -2.32. The molecule has 0 radical (unpaired) electrons. The van der Waals surface area contributed by atoms with Gasteiger partial charge in [0.25, 0.3) is 5.91 Å². The van der Waals surface area contributed by atoms with Gasteiger partial charge in [-0.3, -0.25) is 9.59 Å². The second kappa shape index (κ2) is 6.84. The largest absolute Gasteiger partial charge is 0.508 e. The van der Waals surface area contributed by atoms with E-state index in [0.29, 0.717) is 12.1 Å². The molecule has 1 unspecified atom stereocenters. The van der Waals surface area contributed by atoms with E-state index in [0.717, 1.165) is 12.8 Å². The Bertz CT molecular complexity index is 805. The van der Waals surface area contributed by atoms with Crippen LogP contribution in [0.1, 0.15) is 41.9 Å². The molecule has 1 atom stereocenters. The summed E-state index contributed by atoms with van der Waals surface area (Å²) in [6, 6.07) is 8.62. The van der Waals surface area contributed by atoms with Crippen molar-refractivity contribution in [1.82, 2.24) is 4.90 Å². The van der Waals surface area contributed by atoms with Crippen molar-refractivity contribution in [3.63, 3.8) is 0 Å². The van der Waals surface area contributed by atoms with Crippen molar-refractivity contribution in [2.24, 2.45) is 0 Å². The summed E-state index contributed by atoms with van der Waals surface area (Å²) in [5.74, 6) is -1.49. The Morgan fingerprint density at radius 1 is 1.20 bits per heavy atom. The summed E-state index contributed by atoms with van der Waals surface area (Å²) < 4.78 is 5.15. The summed E-state index contributed by atoms with van der Waals surface area (Å²) in [6.45, 7) is 2.41. The number of unbranched alkanes of at least 4 members (excludes halogenated alkanes) is 1. The third kappa shape index (κ3) is 3.03. The van der Waals surface area contributed by atoms with Crippen LogP contribution < -0.4 is 0 Å². The standard InChI is InChI=1S/C19H19NO5/c1-2-3-10-20-16(12-6-8-13(21)9-7-12)15(18(23)19(20)24)17(22)14-5-4-11-25-14/h4-9,11,16,21,23H,2-3,10H2,1H3. The number of benzene rings is 1. The number of carbonyl (C=O) groups excluding carboxylic acids is 2. The summed E-state index contributed by atoms with van der Waals surface area (Å²) in [6.07, 6.45) is 2.98. The zero-order chi connectivity index (χ0) is 18.0. The second-order valence-corrected chi connectivity index (χ2v) is 5.91. The molecule has 0 saturated heterocycles. The maximum absolute atomic E-state index is 12.8. The Morgan fingerprint density at radius 2 is 1.92 bits per heavy atom. The van der Waals surface area contributed by atoms with Gasteiger partial charge in [0.15, 0.2) is 11.5 Å². The smallest absolute Gasteiger partial charge is 0.290 e. The first-order valence-electron chi connectivity index (χ1n) is 8.15. The summed E-state index contributed by atoms with van der Waals surface area (Å²) in [4.78, 5) is 26.8. The predicted molar refractivity (Wildman–Crippen MR) is 90.2 cm³/mol. The number of rotatable bonds is 6. The molecule has 0 aliphatic carbocycles. The van der Waals surface area contributed by atoms with Gasteiger partial charge in [-0.15, -0.1) is 0 Å². The maximum Gasteiger partial charge on any atom is 0.290 e. The van der Waals surface area contributed by atoms with Crippen LogP contribution in [-0.2, 0) is 4.79 Å². The van der Waals surface area contributed by atoms with Gasteiger partial charge in [-0.25, -0.2) is 0 Å². The molecular weight excluding hydrogens is 322 g/mol. The zero-order valence-electron chi connectivity index (χ0n) is 13.8. The molecule has 6 heteroatoms. The quantitative estimate of drug-likeness (QED) is 0.786. The summed E-state index contributed by atoms with van der Waals surface area (Å²) >= 11 is 0. The molecule has 1 aromatic carbocycles. The lowest BCUT2D eigenvalue weighted by atomic mass is 9.95. The van der Waals surface area contributed by atoms with E-state index in [-0.39, 0.29) is 17.1 Å². The fourth-order valence-corrected chi connectivity index (χ4v) is 2.99. The lowest BCUT2D eigenvalue weighted by molar-refractivity contribution is -0.129. The van der Waals surface area contributed by atoms with Crippen molar-refractivity contribution in [1.29, 1.82) is 0 Å². The first kappa shape index (κ1) is 16.8. The van der Waals surface area contributed by atoms with Crippen molar-refractivity contribution < 1.29 is 24.2 Å². The highest BCUT2D eigenvalue weighted by molar-refractivity contribution is 6.14. The molecule has 2 aromatic rings. The number of hydrogen-bond acceptors (Lipinski definition) is 5. The van der Waals surface area contributed by atoms with Crippen LogP contribution in [0.5, 0.6) is 5.75 Å². The minimum Gasteiger partial charge on any atom is -0.508 e. The average Bonchev–Trinajstić information content (AvgIpc) is 3.22. The summed E-state index contributed by atoms with van der Waals surface area (Å²) in [5.41, 5.74) is 0.642. The monoisotopic (exact) mass is 341 g/mol. The molecule has 2 heterocycles. The van der Waals surface area contributed by atoms with Gasteiger partial charge in [0.05, 0.1) is 17.9 Å². The van der Waals surface area contributed by atoms with E-state index < -0.39 is 23.5 Å². The van der Waals surface area contributed by atoms with Crippen LogP contribution in [0.3, 0.4) is 0 Å². The minimum absolute atomic E-state index is 0.00161. The molecule has 0 saturated carbocycles. The molecule has 1 aliphatic rings. The maximum atomic E-state index is 12.8. The Hall–Kier alpha value is -3.02. The number of aliphatic hydroxyl groups excluding tert-OH is 1. The van der Waals surface area contributed by atoms with Crippen LogP contribution in [0.25, 0.3) is 0 Å². The fourth-order valence-electron chi connectivity index (χ4n) is 2.99. The highest BCUT2D eigenvalue weighted by Crippen LogP contribution is 2.39. The normalized spacial score (nSPS) is 17.4. The third-order valence-corrected chi connectivity index (χ3v) is 4.25. The molecule has 0 spiro atoms. The van der Waals surface area contributed by atoms with E-state index >= 15 is 0 Å². The average molecular weight is 341 g/mol. The molecule has 130 valence electrons.